The molecule has 1 fully saturated rings. The number of carbonyl (C=O) groups excluding carboxylic acids is 2. The number of hydrogen-bond acceptors (Lipinski definition) is 12. The van der Waals surface area contributed by atoms with Crippen LogP contribution >= 0.6 is 7.82 Å². The van der Waals surface area contributed by atoms with Crippen molar-refractivity contribution in [2.24, 2.45) is 0 Å². The van der Waals surface area contributed by atoms with E-state index in [4.69, 9.17) is 18.5 Å². The minimum Gasteiger partial charge on any atom is -0.462 e. The molecule has 0 aromatic rings. The molecule has 6 unspecified atom stereocenters. The van der Waals surface area contributed by atoms with Crippen LogP contribution in [0, 0.1) is 0 Å². The molecule has 0 aromatic carbocycles. The first kappa shape index (κ1) is 61.3. The van der Waals surface area contributed by atoms with Crippen molar-refractivity contribution in [2.45, 2.75) is 275 Å². The normalized spacial score (nSPS) is 21.5. The van der Waals surface area contributed by atoms with Crippen molar-refractivity contribution in [3.05, 3.63) is 24.3 Å². The average Bonchev–Trinajstić information content (AvgIpc) is 3.29. The lowest BCUT2D eigenvalue weighted by Gasteiger charge is -2.41. The van der Waals surface area contributed by atoms with Crippen LogP contribution in [0.2, 0.25) is 0 Å². The van der Waals surface area contributed by atoms with Crippen LogP contribution in [0.1, 0.15) is 232 Å². The Morgan fingerprint density at radius 2 is 0.785 bits per heavy atom. The zero-order chi connectivity index (χ0) is 47.8. The molecule has 0 amide bonds. The number of carbonyl (C=O) groups is 2. The Morgan fingerprint density at radius 1 is 0.462 bits per heavy atom. The van der Waals surface area contributed by atoms with E-state index in [0.29, 0.717) is 12.8 Å². The molecule has 1 aliphatic carbocycles. The molecular formula is C51H95O13P. The number of esters is 2. The van der Waals surface area contributed by atoms with E-state index in [2.05, 4.69) is 38.2 Å². The number of aliphatic hydroxyl groups is 5. The smallest absolute Gasteiger partial charge is 0.462 e. The van der Waals surface area contributed by atoms with Gasteiger partial charge in [-0.25, -0.2) is 4.57 Å². The molecule has 0 spiro atoms. The van der Waals surface area contributed by atoms with Gasteiger partial charge in [-0.3, -0.25) is 18.6 Å². The number of rotatable bonds is 44. The fourth-order valence-corrected chi connectivity index (χ4v) is 9.02. The highest BCUT2D eigenvalue weighted by Crippen LogP contribution is 2.47. The summed E-state index contributed by atoms with van der Waals surface area (Å²) >= 11 is 0. The number of allylic oxidation sites excluding steroid dienone is 4. The number of phosphoric ester groups is 1. The van der Waals surface area contributed by atoms with Gasteiger partial charge in [0.2, 0.25) is 0 Å². The molecule has 0 radical (unpaired) electrons. The topological polar surface area (TPSA) is 210 Å². The first-order valence-corrected chi connectivity index (χ1v) is 27.6. The second-order valence-corrected chi connectivity index (χ2v) is 19.8. The summed E-state index contributed by atoms with van der Waals surface area (Å²) < 4.78 is 33.6. The predicted octanol–water partition coefficient (Wildman–Crippen LogP) is 11.2. The Bertz CT molecular complexity index is 1230. The Morgan fingerprint density at radius 3 is 1.20 bits per heavy atom. The van der Waals surface area contributed by atoms with Crippen molar-refractivity contribution >= 4 is 19.8 Å². The number of unbranched alkanes of at least 4 members (excludes halogenated alkanes) is 28. The summed E-state index contributed by atoms with van der Waals surface area (Å²) in [5.41, 5.74) is 0. The molecule has 382 valence electrons. The molecule has 0 aliphatic heterocycles. The van der Waals surface area contributed by atoms with E-state index >= 15 is 0 Å². The molecule has 0 saturated heterocycles. The van der Waals surface area contributed by atoms with Crippen LogP contribution in [0.25, 0.3) is 0 Å². The van der Waals surface area contributed by atoms with Gasteiger partial charge in [-0.2, -0.15) is 0 Å². The molecule has 13 nitrogen and oxygen atoms in total. The maximum atomic E-state index is 12.8. The third kappa shape index (κ3) is 33.5. The van der Waals surface area contributed by atoms with E-state index in [1.807, 2.05) is 0 Å². The maximum absolute atomic E-state index is 12.8. The first-order valence-electron chi connectivity index (χ1n) is 26.1. The third-order valence-corrected chi connectivity index (χ3v) is 13.3. The Kier molecular flexibility index (Phi) is 39.0. The third-order valence-electron chi connectivity index (χ3n) is 12.3. The largest absolute Gasteiger partial charge is 0.472 e. The average molecular weight is 947 g/mol. The van der Waals surface area contributed by atoms with Gasteiger partial charge < -0.3 is 39.9 Å². The Labute approximate surface area is 394 Å². The van der Waals surface area contributed by atoms with Crippen molar-refractivity contribution in [2.75, 3.05) is 13.2 Å². The highest BCUT2D eigenvalue weighted by molar-refractivity contribution is 7.47. The van der Waals surface area contributed by atoms with E-state index in [0.717, 1.165) is 44.9 Å². The summed E-state index contributed by atoms with van der Waals surface area (Å²) in [6.07, 6.45) is 33.7. The quantitative estimate of drug-likeness (QED) is 0.0146. The lowest BCUT2D eigenvalue weighted by atomic mass is 9.85. The predicted molar refractivity (Wildman–Crippen MR) is 258 cm³/mol. The van der Waals surface area contributed by atoms with Crippen LogP contribution in [0.15, 0.2) is 24.3 Å². The second-order valence-electron chi connectivity index (χ2n) is 18.4. The Hall–Kier alpha value is -1.67. The summed E-state index contributed by atoms with van der Waals surface area (Å²) in [6.45, 7) is 3.31. The highest BCUT2D eigenvalue weighted by Gasteiger charge is 2.51. The van der Waals surface area contributed by atoms with Gasteiger partial charge in [0.1, 0.15) is 43.2 Å². The van der Waals surface area contributed by atoms with E-state index in [1.54, 1.807) is 0 Å². The van der Waals surface area contributed by atoms with Gasteiger partial charge in [-0.15, -0.1) is 0 Å². The first-order chi connectivity index (χ1) is 31.4. The number of ether oxygens (including phenoxy) is 2. The van der Waals surface area contributed by atoms with Gasteiger partial charge in [0.05, 0.1) is 6.61 Å². The zero-order valence-corrected chi connectivity index (χ0v) is 41.7. The molecule has 1 aliphatic rings. The Balaban J connectivity index is 2.39. The summed E-state index contributed by atoms with van der Waals surface area (Å²) in [5.74, 6) is -1.12. The molecule has 65 heavy (non-hydrogen) atoms. The molecule has 0 bridgehead atoms. The standard InChI is InChI=1S/C51H95O13P/c1-3-5-7-9-11-13-15-17-19-20-21-22-23-24-26-28-30-32-34-36-38-40-45(53)63-43(42-62-65(59,60)64-51-49(57)47(55)46(54)48(56)50(51)58)41-61-44(52)39-37-35-33-31-29-27-25-18-16-14-12-10-8-6-4-2/h17,19,29,31,43,46-51,54-58H,3-16,18,20-28,30,32-42H2,1-2H3,(H,59,60)/b19-17+,31-29+/t43-,46?,47-,48?,49?,50?,51?/m1/s1. The number of hydrogen-bond donors (Lipinski definition) is 6. The molecule has 6 N–H and O–H groups in total. The van der Waals surface area contributed by atoms with Crippen molar-refractivity contribution in [3.8, 4) is 0 Å². The fraction of sp³-hybridized carbons (Fsp3) is 0.882. The monoisotopic (exact) mass is 947 g/mol. The van der Waals surface area contributed by atoms with Gasteiger partial charge in [0.15, 0.2) is 6.10 Å². The van der Waals surface area contributed by atoms with Crippen LogP contribution in [0.4, 0.5) is 0 Å². The van der Waals surface area contributed by atoms with E-state index in [-0.39, 0.29) is 12.8 Å². The molecule has 1 saturated carbocycles. The van der Waals surface area contributed by atoms with Crippen LogP contribution in [-0.2, 0) is 32.7 Å². The summed E-state index contributed by atoms with van der Waals surface area (Å²) in [6, 6.07) is 0. The van der Waals surface area contributed by atoms with E-state index < -0.39 is 75.7 Å². The van der Waals surface area contributed by atoms with Crippen LogP contribution in [0.5, 0.6) is 0 Å². The maximum Gasteiger partial charge on any atom is 0.472 e. The molecule has 14 heteroatoms. The molecule has 1 rings (SSSR count). The van der Waals surface area contributed by atoms with Gasteiger partial charge in [0, 0.05) is 12.8 Å². The van der Waals surface area contributed by atoms with Crippen molar-refractivity contribution in [3.63, 3.8) is 0 Å². The van der Waals surface area contributed by atoms with Gasteiger partial charge in [0.25, 0.3) is 0 Å². The summed E-state index contributed by atoms with van der Waals surface area (Å²) in [4.78, 5) is 35.8. The lowest BCUT2D eigenvalue weighted by Crippen LogP contribution is -2.64. The fourth-order valence-electron chi connectivity index (χ4n) is 8.04. The van der Waals surface area contributed by atoms with Gasteiger partial charge >= 0.3 is 19.8 Å². The van der Waals surface area contributed by atoms with Crippen molar-refractivity contribution < 1.29 is 63.1 Å². The van der Waals surface area contributed by atoms with E-state index in [1.165, 1.54) is 148 Å². The SMILES string of the molecule is CCCCCCCC/C=C/CCCCCCCCCCCCCC(=O)O[C@H](COC(=O)CCCC/C=C/CCCCCCCCCCC)COP(=O)(O)OC1C(O)C(O)C(O)[C@@H](O)C1O. The molecular weight excluding hydrogens is 852 g/mol. The van der Waals surface area contributed by atoms with Crippen molar-refractivity contribution in [1.82, 2.24) is 0 Å². The zero-order valence-electron chi connectivity index (χ0n) is 40.8. The van der Waals surface area contributed by atoms with Gasteiger partial charge in [-0.05, 0) is 64.2 Å². The van der Waals surface area contributed by atoms with Crippen LogP contribution < -0.4 is 0 Å². The minimum atomic E-state index is -5.12. The van der Waals surface area contributed by atoms with Crippen molar-refractivity contribution in [1.29, 1.82) is 0 Å². The molecule has 8 atom stereocenters. The molecule has 0 heterocycles. The van der Waals surface area contributed by atoms with Crippen LogP contribution in [0.3, 0.4) is 0 Å². The summed E-state index contributed by atoms with van der Waals surface area (Å²) in [5, 5.41) is 50.3. The van der Waals surface area contributed by atoms with Crippen LogP contribution in [-0.4, -0.2) is 98.3 Å². The number of aliphatic hydroxyl groups excluding tert-OH is 5. The summed E-state index contributed by atoms with van der Waals surface area (Å²) in [7, 11) is -5.12. The van der Waals surface area contributed by atoms with Gasteiger partial charge in [-0.1, -0.05) is 179 Å². The number of phosphoric acid groups is 1. The lowest BCUT2D eigenvalue weighted by molar-refractivity contribution is -0.220. The highest BCUT2D eigenvalue weighted by atomic mass is 31.2. The minimum absolute atomic E-state index is 0.0944. The second kappa shape index (κ2) is 41.3. The molecule has 0 aromatic heterocycles. The van der Waals surface area contributed by atoms with E-state index in [9.17, 15) is 44.6 Å².